The van der Waals surface area contributed by atoms with E-state index in [2.05, 4.69) is 4.98 Å². The summed E-state index contributed by atoms with van der Waals surface area (Å²) in [5.41, 5.74) is 3.02. The van der Waals surface area contributed by atoms with Gasteiger partial charge < -0.3 is 14.2 Å². The number of hydrogen-bond acceptors (Lipinski definition) is 5. The van der Waals surface area contributed by atoms with Crippen molar-refractivity contribution in [2.45, 2.75) is 26.4 Å². The molecule has 1 unspecified atom stereocenters. The largest absolute Gasteiger partial charge is 0.460 e. The summed E-state index contributed by atoms with van der Waals surface area (Å²) in [6, 6.07) is 15.5. The predicted molar refractivity (Wildman–Crippen MR) is 99.1 cm³/mol. The van der Waals surface area contributed by atoms with Crippen molar-refractivity contribution in [1.82, 2.24) is 4.98 Å². The highest BCUT2D eigenvalue weighted by molar-refractivity contribution is 5.89. The minimum absolute atomic E-state index is 0.117. The highest BCUT2D eigenvalue weighted by Crippen LogP contribution is 2.36. The third-order valence-electron chi connectivity index (χ3n) is 4.40. The number of pyridine rings is 1. The van der Waals surface area contributed by atoms with Gasteiger partial charge in [-0.25, -0.2) is 9.18 Å². The Labute approximate surface area is 161 Å². The van der Waals surface area contributed by atoms with E-state index < -0.39 is 18.1 Å². The maximum Gasteiger partial charge on any atom is 0.340 e. The van der Waals surface area contributed by atoms with E-state index in [0.29, 0.717) is 22.4 Å². The second-order valence-electron chi connectivity index (χ2n) is 6.49. The van der Waals surface area contributed by atoms with Crippen molar-refractivity contribution in [3.8, 4) is 5.75 Å². The fraction of sp³-hybridized carbons (Fsp3) is 0.182. The van der Waals surface area contributed by atoms with Crippen LogP contribution in [-0.2, 0) is 22.7 Å². The molecule has 142 valence electrons. The first-order valence-corrected chi connectivity index (χ1v) is 8.84. The van der Waals surface area contributed by atoms with Gasteiger partial charge in [0.2, 0.25) is 6.29 Å². The van der Waals surface area contributed by atoms with E-state index in [1.54, 1.807) is 12.1 Å². The SMILES string of the molecule is Cc1ccc(C(=O)OCc2cc(F)cc3c2OC(c2ccccc2)OC3)cn1. The van der Waals surface area contributed by atoms with Crippen molar-refractivity contribution in [3.05, 3.63) is 94.6 Å². The third-order valence-corrected chi connectivity index (χ3v) is 4.40. The molecule has 2 aromatic carbocycles. The molecule has 1 atom stereocenters. The normalized spacial score (nSPS) is 15.4. The first-order chi connectivity index (χ1) is 13.6. The van der Waals surface area contributed by atoms with Crippen LogP contribution in [0.3, 0.4) is 0 Å². The number of carbonyl (C=O) groups is 1. The Morgan fingerprint density at radius 3 is 2.79 bits per heavy atom. The van der Waals surface area contributed by atoms with Crippen LogP contribution in [-0.4, -0.2) is 11.0 Å². The molecule has 1 aromatic heterocycles. The van der Waals surface area contributed by atoms with E-state index in [1.165, 1.54) is 18.3 Å². The number of esters is 1. The molecule has 0 bridgehead atoms. The second kappa shape index (κ2) is 7.78. The summed E-state index contributed by atoms with van der Waals surface area (Å²) >= 11 is 0. The molecule has 0 fully saturated rings. The van der Waals surface area contributed by atoms with Crippen molar-refractivity contribution >= 4 is 5.97 Å². The van der Waals surface area contributed by atoms with E-state index >= 15 is 0 Å². The van der Waals surface area contributed by atoms with Crippen LogP contribution >= 0.6 is 0 Å². The lowest BCUT2D eigenvalue weighted by molar-refractivity contribution is -0.112. The first kappa shape index (κ1) is 18.1. The smallest absolute Gasteiger partial charge is 0.340 e. The van der Waals surface area contributed by atoms with Crippen molar-refractivity contribution in [1.29, 1.82) is 0 Å². The summed E-state index contributed by atoms with van der Waals surface area (Å²) in [5, 5.41) is 0. The van der Waals surface area contributed by atoms with Crippen LogP contribution in [0.15, 0.2) is 60.8 Å². The highest BCUT2D eigenvalue weighted by Gasteiger charge is 2.25. The zero-order chi connectivity index (χ0) is 19.5. The quantitative estimate of drug-likeness (QED) is 0.625. The lowest BCUT2D eigenvalue weighted by Crippen LogP contribution is -2.20. The van der Waals surface area contributed by atoms with Crippen LogP contribution in [0, 0.1) is 12.7 Å². The van der Waals surface area contributed by atoms with Crippen LogP contribution < -0.4 is 4.74 Å². The number of benzene rings is 2. The number of fused-ring (bicyclic) bond motifs is 1. The molecule has 0 N–H and O–H groups in total. The average molecular weight is 379 g/mol. The molecular formula is C22H18FNO4. The molecule has 1 aliphatic rings. The van der Waals surface area contributed by atoms with Gasteiger partial charge in [0.05, 0.1) is 12.2 Å². The van der Waals surface area contributed by atoms with Crippen molar-refractivity contribution in [2.24, 2.45) is 0 Å². The van der Waals surface area contributed by atoms with Crippen LogP contribution in [0.4, 0.5) is 4.39 Å². The number of rotatable bonds is 4. The number of halogens is 1. The molecular weight excluding hydrogens is 361 g/mol. The Morgan fingerprint density at radius 2 is 2.04 bits per heavy atom. The van der Waals surface area contributed by atoms with Gasteiger partial charge in [0.1, 0.15) is 18.2 Å². The van der Waals surface area contributed by atoms with E-state index in [1.807, 2.05) is 37.3 Å². The first-order valence-electron chi connectivity index (χ1n) is 8.84. The Kier molecular flexibility index (Phi) is 5.04. The van der Waals surface area contributed by atoms with Crippen LogP contribution in [0.5, 0.6) is 5.75 Å². The van der Waals surface area contributed by atoms with Gasteiger partial charge in [-0.3, -0.25) is 4.98 Å². The Balaban J connectivity index is 1.54. The fourth-order valence-electron chi connectivity index (χ4n) is 2.97. The summed E-state index contributed by atoms with van der Waals surface area (Å²) < 4.78 is 31.0. The van der Waals surface area contributed by atoms with E-state index in [0.717, 1.165) is 11.3 Å². The van der Waals surface area contributed by atoms with Gasteiger partial charge in [-0.15, -0.1) is 0 Å². The predicted octanol–water partition coefficient (Wildman–Crippen LogP) is 4.49. The second-order valence-corrected chi connectivity index (χ2v) is 6.49. The van der Waals surface area contributed by atoms with Gasteiger partial charge in [-0.1, -0.05) is 30.3 Å². The minimum Gasteiger partial charge on any atom is -0.460 e. The molecule has 5 nitrogen and oxygen atoms in total. The molecule has 1 aliphatic heterocycles. The maximum absolute atomic E-state index is 14.0. The molecule has 28 heavy (non-hydrogen) atoms. The molecule has 0 aliphatic carbocycles. The fourth-order valence-corrected chi connectivity index (χ4v) is 2.97. The summed E-state index contributed by atoms with van der Waals surface area (Å²) in [7, 11) is 0. The topological polar surface area (TPSA) is 57.7 Å². The summed E-state index contributed by atoms with van der Waals surface area (Å²) in [5.74, 6) is -0.485. The van der Waals surface area contributed by atoms with Crippen LogP contribution in [0.2, 0.25) is 0 Å². The molecule has 0 amide bonds. The van der Waals surface area contributed by atoms with Gasteiger partial charge in [-0.2, -0.15) is 0 Å². The van der Waals surface area contributed by atoms with Gasteiger partial charge in [-0.05, 0) is 31.2 Å². The Bertz CT molecular complexity index is 989. The van der Waals surface area contributed by atoms with E-state index in [9.17, 15) is 9.18 Å². The third kappa shape index (κ3) is 3.87. The Hall–Kier alpha value is -3.25. The average Bonchev–Trinajstić information content (AvgIpc) is 2.72. The number of aromatic nitrogens is 1. The monoisotopic (exact) mass is 379 g/mol. The summed E-state index contributed by atoms with van der Waals surface area (Å²) in [6.45, 7) is 1.92. The molecule has 0 radical (unpaired) electrons. The number of nitrogens with zero attached hydrogens (tertiary/aromatic N) is 1. The lowest BCUT2D eigenvalue weighted by atomic mass is 10.1. The van der Waals surface area contributed by atoms with Crippen molar-refractivity contribution < 1.29 is 23.4 Å². The summed E-state index contributed by atoms with van der Waals surface area (Å²) in [4.78, 5) is 16.3. The lowest BCUT2D eigenvalue weighted by Gasteiger charge is -2.28. The molecule has 4 rings (SSSR count). The van der Waals surface area contributed by atoms with Gasteiger partial charge in [0.15, 0.2) is 0 Å². The van der Waals surface area contributed by atoms with Gasteiger partial charge in [0.25, 0.3) is 0 Å². The van der Waals surface area contributed by atoms with Crippen molar-refractivity contribution in [3.63, 3.8) is 0 Å². The van der Waals surface area contributed by atoms with Crippen LogP contribution in [0.1, 0.15) is 39.0 Å². The molecule has 6 heteroatoms. The number of hydrogen-bond donors (Lipinski definition) is 0. The van der Waals surface area contributed by atoms with Crippen molar-refractivity contribution in [2.75, 3.05) is 0 Å². The molecule has 0 saturated heterocycles. The standard InChI is InChI=1S/C22H18FNO4/c1-14-7-8-16(11-24-14)21(25)26-12-17-9-19(23)10-18-13-27-22(28-20(17)18)15-5-3-2-4-6-15/h2-11,22H,12-13H2,1H3. The van der Waals surface area contributed by atoms with Gasteiger partial charge in [0, 0.05) is 28.6 Å². The molecule has 2 heterocycles. The number of ether oxygens (including phenoxy) is 3. The molecule has 0 spiro atoms. The van der Waals surface area contributed by atoms with Gasteiger partial charge >= 0.3 is 5.97 Å². The number of carbonyl (C=O) groups excluding carboxylic acids is 1. The van der Waals surface area contributed by atoms with Crippen LogP contribution in [0.25, 0.3) is 0 Å². The number of aryl methyl sites for hydroxylation is 1. The van der Waals surface area contributed by atoms with E-state index in [-0.39, 0.29) is 13.2 Å². The Morgan fingerprint density at radius 1 is 1.21 bits per heavy atom. The van der Waals surface area contributed by atoms with E-state index in [4.69, 9.17) is 14.2 Å². The zero-order valence-electron chi connectivity index (χ0n) is 15.2. The summed E-state index contributed by atoms with van der Waals surface area (Å²) in [6.07, 6.45) is 0.851. The molecule has 0 saturated carbocycles. The highest BCUT2D eigenvalue weighted by atomic mass is 19.1. The maximum atomic E-state index is 14.0. The molecule has 3 aromatic rings. The zero-order valence-corrected chi connectivity index (χ0v) is 15.2. The minimum atomic E-state index is -0.602.